The first kappa shape index (κ1) is 32.0. The van der Waals surface area contributed by atoms with Crippen molar-refractivity contribution in [3.8, 4) is 17.2 Å². The largest absolute Gasteiger partial charge is 0.502 e. The van der Waals surface area contributed by atoms with Crippen LogP contribution in [0.2, 0.25) is 0 Å². The average Bonchev–Trinajstić information content (AvgIpc) is 3.38. The van der Waals surface area contributed by atoms with Crippen molar-refractivity contribution in [1.29, 1.82) is 0 Å². The Bertz CT molecular complexity index is 1760. The number of halogens is 3. The van der Waals surface area contributed by atoms with Crippen LogP contribution >= 0.6 is 39.1 Å². The number of hydrogen-bond donors (Lipinski definition) is 1. The van der Waals surface area contributed by atoms with Gasteiger partial charge in [0.05, 0.1) is 42.1 Å². The minimum atomic E-state index is -1.98. The van der Waals surface area contributed by atoms with Gasteiger partial charge in [-0.05, 0) is 42.5 Å². The number of fused-ring (bicyclic) bond motifs is 4. The quantitative estimate of drug-likeness (QED) is 0.106. The van der Waals surface area contributed by atoms with Crippen LogP contribution in [-0.4, -0.2) is 68.0 Å². The summed E-state index contributed by atoms with van der Waals surface area (Å²) in [6.45, 7) is 0. The van der Waals surface area contributed by atoms with Crippen LogP contribution in [0.15, 0.2) is 54.1 Å². The van der Waals surface area contributed by atoms with Gasteiger partial charge in [-0.25, -0.2) is 4.90 Å². The van der Waals surface area contributed by atoms with Crippen LogP contribution in [0.1, 0.15) is 18.4 Å². The third-order valence-corrected chi connectivity index (χ3v) is 11.3. The molecule has 6 rings (SSSR count). The minimum Gasteiger partial charge on any atom is -0.502 e. The maximum absolute atomic E-state index is 14.1. The van der Waals surface area contributed by atoms with Gasteiger partial charge in [0.15, 0.2) is 21.2 Å². The van der Waals surface area contributed by atoms with Gasteiger partial charge in [0.2, 0.25) is 17.6 Å². The van der Waals surface area contributed by atoms with E-state index in [1.165, 1.54) is 44.6 Å². The number of carbonyl (C=O) groups excluding carboxylic acids is 4. The van der Waals surface area contributed by atoms with Crippen LogP contribution < -0.4 is 14.4 Å². The zero-order valence-corrected chi connectivity index (χ0v) is 27.4. The highest BCUT2D eigenvalue weighted by Crippen LogP contribution is 2.63. The molecule has 4 aliphatic rings. The Morgan fingerprint density at radius 2 is 1.74 bits per heavy atom. The molecular weight excluding hydrogens is 709 g/mol. The highest BCUT2D eigenvalue weighted by atomic mass is 79.9. The van der Waals surface area contributed by atoms with Crippen LogP contribution in [0.25, 0.3) is 6.08 Å². The van der Waals surface area contributed by atoms with E-state index in [4.69, 9.17) is 32.7 Å². The number of alkyl halides is 3. The predicted octanol–water partition coefficient (Wildman–Crippen LogP) is 4.78. The number of carbonyl (C=O) groups is 4. The minimum absolute atomic E-state index is 0.0625. The van der Waals surface area contributed by atoms with Crippen LogP contribution in [0.5, 0.6) is 17.2 Å². The summed E-state index contributed by atoms with van der Waals surface area (Å²) in [5.74, 6) is -6.07. The molecule has 1 N–H and O–H groups in total. The molecule has 2 heterocycles. The number of phenols is 1. The first-order valence-electron chi connectivity index (χ1n) is 14.1. The summed E-state index contributed by atoms with van der Waals surface area (Å²) in [6, 6.07) is 8.33. The van der Waals surface area contributed by atoms with Crippen LogP contribution in [0.3, 0.4) is 0 Å². The topological polar surface area (TPSA) is 157 Å². The number of aromatic hydroxyl groups is 1. The maximum Gasteiger partial charge on any atom is 0.271 e. The second-order valence-electron chi connectivity index (χ2n) is 11.5. The molecule has 46 heavy (non-hydrogen) atoms. The Hall–Kier alpha value is -3.94. The standard InChI is InChI=1S/C31H26BrCl2N3O9/c1-45-22-10-15(11-23(46-2)25(22)38)6-9-21-18-7-8-19-24(20(18)13-30(33)28(41)35(14-32)29(42)31(21,30)34)27(40)36(26(19)39)16-4-3-5-17(12-16)37(43)44/h3-7,9-12,19-21,24,38H,8,13-14H2,1-2H3. The summed E-state index contributed by atoms with van der Waals surface area (Å²) in [7, 11) is 2.75. The number of nitro groups is 1. The molecule has 240 valence electrons. The van der Waals surface area contributed by atoms with E-state index in [1.54, 1.807) is 18.2 Å². The maximum atomic E-state index is 14.1. The van der Waals surface area contributed by atoms with Crippen molar-refractivity contribution < 1.29 is 38.7 Å². The molecule has 2 aliphatic heterocycles. The number of anilines is 1. The molecule has 0 aromatic heterocycles. The van der Waals surface area contributed by atoms with E-state index in [0.29, 0.717) is 11.1 Å². The van der Waals surface area contributed by atoms with Gasteiger partial charge in [-0.15, -0.1) is 23.2 Å². The van der Waals surface area contributed by atoms with Crippen molar-refractivity contribution in [2.45, 2.75) is 22.6 Å². The van der Waals surface area contributed by atoms with Gasteiger partial charge in [-0.2, -0.15) is 0 Å². The Balaban J connectivity index is 1.47. The number of likely N-dealkylation sites (tertiary alicyclic amines) is 1. The molecule has 0 spiro atoms. The molecular formula is C31H26BrCl2N3O9. The van der Waals surface area contributed by atoms with Crippen molar-refractivity contribution in [2.75, 3.05) is 24.6 Å². The number of methoxy groups -OCH3 is 2. The summed E-state index contributed by atoms with van der Waals surface area (Å²) >= 11 is 17.6. The molecule has 6 unspecified atom stereocenters. The summed E-state index contributed by atoms with van der Waals surface area (Å²) in [6.07, 6.45) is 4.94. The number of benzene rings is 2. The highest BCUT2D eigenvalue weighted by molar-refractivity contribution is 9.09. The number of ether oxygens (including phenoxy) is 2. The molecule has 4 amide bonds. The van der Waals surface area contributed by atoms with E-state index in [0.717, 1.165) is 15.9 Å². The van der Waals surface area contributed by atoms with Gasteiger partial charge in [-0.3, -0.25) is 34.2 Å². The fourth-order valence-corrected chi connectivity index (χ4v) is 8.60. The molecule has 12 nitrogen and oxygen atoms in total. The normalized spacial score (nSPS) is 30.3. The first-order chi connectivity index (χ1) is 21.8. The van der Waals surface area contributed by atoms with Crippen molar-refractivity contribution in [1.82, 2.24) is 4.90 Å². The number of imide groups is 2. The number of nitrogens with zero attached hydrogens (tertiary/aromatic N) is 3. The van der Waals surface area contributed by atoms with Gasteiger partial charge in [0, 0.05) is 18.1 Å². The summed E-state index contributed by atoms with van der Waals surface area (Å²) in [4.78, 5) is 64.1. The van der Waals surface area contributed by atoms with Crippen molar-refractivity contribution >= 4 is 80.2 Å². The fraction of sp³-hybridized carbons (Fsp3) is 0.355. The Morgan fingerprint density at radius 3 is 2.35 bits per heavy atom. The van der Waals surface area contributed by atoms with E-state index in [1.807, 2.05) is 0 Å². The fourth-order valence-electron chi connectivity index (χ4n) is 7.22. The molecule has 2 aromatic rings. The second kappa shape index (κ2) is 11.4. The monoisotopic (exact) mass is 733 g/mol. The summed E-state index contributed by atoms with van der Waals surface area (Å²) < 4.78 is 10.5. The van der Waals surface area contributed by atoms with Crippen LogP contribution in [0, 0.1) is 33.8 Å². The molecule has 15 heteroatoms. The second-order valence-corrected chi connectivity index (χ2v) is 13.2. The van der Waals surface area contributed by atoms with E-state index >= 15 is 0 Å². The molecule has 2 aliphatic carbocycles. The number of amides is 4. The van der Waals surface area contributed by atoms with Gasteiger partial charge >= 0.3 is 0 Å². The zero-order chi connectivity index (χ0) is 33.3. The molecule has 2 aromatic carbocycles. The Morgan fingerprint density at radius 1 is 1.07 bits per heavy atom. The van der Waals surface area contributed by atoms with Crippen molar-refractivity contribution in [3.05, 3.63) is 69.8 Å². The number of nitro benzene ring substituents is 1. The Kier molecular flexibility index (Phi) is 7.93. The van der Waals surface area contributed by atoms with E-state index < -0.39 is 62.0 Å². The zero-order valence-electron chi connectivity index (χ0n) is 24.3. The molecule has 6 atom stereocenters. The van der Waals surface area contributed by atoms with Crippen LogP contribution in [-0.2, 0) is 19.2 Å². The third-order valence-electron chi connectivity index (χ3n) is 9.35. The lowest BCUT2D eigenvalue weighted by molar-refractivity contribution is -0.384. The number of allylic oxidation sites excluding steroid dienone is 3. The number of rotatable bonds is 7. The Labute approximate surface area is 280 Å². The lowest BCUT2D eigenvalue weighted by atomic mass is 9.57. The van der Waals surface area contributed by atoms with Gasteiger partial charge in [-0.1, -0.05) is 45.8 Å². The summed E-state index contributed by atoms with van der Waals surface area (Å²) in [5, 5.41) is 21.8. The van der Waals surface area contributed by atoms with E-state index in [9.17, 15) is 34.4 Å². The highest BCUT2D eigenvalue weighted by Gasteiger charge is 2.75. The van der Waals surface area contributed by atoms with E-state index in [-0.39, 0.29) is 46.9 Å². The smallest absolute Gasteiger partial charge is 0.271 e. The molecule has 1 saturated carbocycles. The predicted molar refractivity (Wildman–Crippen MR) is 170 cm³/mol. The number of hydrogen-bond acceptors (Lipinski definition) is 9. The molecule has 0 bridgehead atoms. The molecule has 2 saturated heterocycles. The number of non-ortho nitro benzene ring substituents is 1. The molecule has 3 fully saturated rings. The van der Waals surface area contributed by atoms with Crippen LogP contribution in [0.4, 0.5) is 11.4 Å². The summed E-state index contributed by atoms with van der Waals surface area (Å²) in [5.41, 5.74) is 0.688. The van der Waals surface area contributed by atoms with Crippen molar-refractivity contribution in [3.63, 3.8) is 0 Å². The average molecular weight is 735 g/mol. The lowest BCUT2D eigenvalue weighted by Crippen LogP contribution is -2.60. The molecule has 0 radical (unpaired) electrons. The SMILES string of the molecule is COc1cc(C=CC2C3=CCC4C(=O)N(c5cccc([N+](=O)[O-])c5)C(=O)C4C3CC3(Cl)C(=O)N(CBr)C(=O)C23Cl)cc(OC)c1O. The number of phenolic OH excluding ortho intramolecular Hbond substituents is 1. The van der Waals surface area contributed by atoms with Gasteiger partial charge < -0.3 is 14.6 Å². The van der Waals surface area contributed by atoms with Gasteiger partial charge in [0.1, 0.15) is 0 Å². The van der Waals surface area contributed by atoms with Gasteiger partial charge in [0.25, 0.3) is 17.5 Å². The third kappa shape index (κ3) is 4.39. The lowest BCUT2D eigenvalue weighted by Gasteiger charge is -2.49. The van der Waals surface area contributed by atoms with E-state index in [2.05, 4.69) is 15.9 Å². The van der Waals surface area contributed by atoms with Crippen molar-refractivity contribution in [2.24, 2.45) is 23.7 Å². The first-order valence-corrected chi connectivity index (χ1v) is 16.0.